The summed E-state index contributed by atoms with van der Waals surface area (Å²) in [6.07, 6.45) is 7.77. The van der Waals surface area contributed by atoms with E-state index in [4.69, 9.17) is 5.73 Å². The maximum Gasteiger partial charge on any atom is 0.0570 e. The molecule has 3 unspecified atom stereocenters. The van der Waals surface area contributed by atoms with Crippen molar-refractivity contribution in [1.29, 1.82) is 0 Å². The van der Waals surface area contributed by atoms with Gasteiger partial charge in [0, 0.05) is 37.1 Å². The van der Waals surface area contributed by atoms with Gasteiger partial charge in [0.2, 0.25) is 0 Å². The Kier molecular flexibility index (Phi) is 3.33. The van der Waals surface area contributed by atoms with Crippen LogP contribution in [0.3, 0.4) is 0 Å². The highest BCUT2D eigenvalue weighted by atomic mass is 16.3. The molecule has 4 nitrogen and oxygen atoms in total. The summed E-state index contributed by atoms with van der Waals surface area (Å²) in [7, 11) is 0. The summed E-state index contributed by atoms with van der Waals surface area (Å²) >= 11 is 0. The number of pyridine rings is 1. The van der Waals surface area contributed by atoms with E-state index in [0.717, 1.165) is 12.8 Å². The van der Waals surface area contributed by atoms with Crippen LogP contribution in [0.5, 0.6) is 0 Å². The molecule has 2 fully saturated rings. The average Bonchev–Trinajstić information content (AvgIpc) is 2.65. The summed E-state index contributed by atoms with van der Waals surface area (Å²) in [6.45, 7) is 0.620. The zero-order chi connectivity index (χ0) is 12.5. The molecule has 4 heteroatoms. The number of nitrogens with two attached hydrogens (primary N) is 1. The van der Waals surface area contributed by atoms with E-state index < -0.39 is 0 Å². The molecule has 3 rings (SSSR count). The second kappa shape index (κ2) is 4.96. The lowest BCUT2D eigenvalue weighted by Crippen LogP contribution is -2.48. The molecule has 0 saturated carbocycles. The molecule has 2 aliphatic rings. The molecule has 2 saturated heterocycles. The van der Waals surface area contributed by atoms with E-state index >= 15 is 0 Å². The van der Waals surface area contributed by atoms with Gasteiger partial charge in [-0.15, -0.1) is 0 Å². The Bertz CT molecular complexity index is 383. The maximum absolute atomic E-state index is 9.86. The minimum Gasteiger partial charge on any atom is -0.393 e. The fourth-order valence-corrected chi connectivity index (χ4v) is 3.70. The molecule has 1 aromatic rings. The van der Waals surface area contributed by atoms with E-state index in [0.29, 0.717) is 18.6 Å². The van der Waals surface area contributed by atoms with Crippen molar-refractivity contribution in [1.82, 2.24) is 9.88 Å². The van der Waals surface area contributed by atoms with E-state index in [1.54, 1.807) is 6.20 Å². The van der Waals surface area contributed by atoms with Crippen molar-refractivity contribution < 1.29 is 5.11 Å². The van der Waals surface area contributed by atoms with Crippen LogP contribution in [-0.4, -0.2) is 39.7 Å². The van der Waals surface area contributed by atoms with E-state index in [1.165, 1.54) is 18.4 Å². The number of hydrogen-bond donors (Lipinski definition) is 2. The fraction of sp³-hybridized carbons (Fsp3) is 0.643. The highest BCUT2D eigenvalue weighted by molar-refractivity contribution is 5.17. The van der Waals surface area contributed by atoms with Crippen molar-refractivity contribution in [2.45, 2.75) is 49.9 Å². The van der Waals surface area contributed by atoms with Gasteiger partial charge in [0.1, 0.15) is 0 Å². The predicted octanol–water partition coefficient (Wildman–Crippen LogP) is 1.07. The number of aliphatic hydroxyl groups is 1. The lowest BCUT2D eigenvalue weighted by Gasteiger charge is -2.42. The topological polar surface area (TPSA) is 62.4 Å². The number of rotatable bonds is 3. The van der Waals surface area contributed by atoms with Gasteiger partial charge in [-0.25, -0.2) is 0 Å². The zero-order valence-corrected chi connectivity index (χ0v) is 10.6. The van der Waals surface area contributed by atoms with Crippen LogP contribution in [0.4, 0.5) is 0 Å². The second-order valence-electron chi connectivity index (χ2n) is 5.50. The standard InChI is InChI=1S/C14H21N3O/c15-8-14(10-2-1-5-16-9-10)17-11-3-4-12(17)7-13(18)6-11/h1-2,5,9,11-14,18H,3-4,6-8,15H2. The Morgan fingerprint density at radius 1 is 1.39 bits per heavy atom. The Morgan fingerprint density at radius 2 is 2.11 bits per heavy atom. The lowest BCUT2D eigenvalue weighted by molar-refractivity contribution is 0.0115. The minimum absolute atomic E-state index is 0.119. The summed E-state index contributed by atoms with van der Waals surface area (Å²) in [5.74, 6) is 0. The molecule has 2 aliphatic heterocycles. The Labute approximate surface area is 108 Å². The van der Waals surface area contributed by atoms with Crippen molar-refractivity contribution in [2.75, 3.05) is 6.54 Å². The molecular weight excluding hydrogens is 226 g/mol. The van der Waals surface area contributed by atoms with Crippen molar-refractivity contribution in [3.8, 4) is 0 Å². The normalized spacial score (nSPS) is 33.6. The highest BCUT2D eigenvalue weighted by Gasteiger charge is 2.43. The van der Waals surface area contributed by atoms with Crippen molar-refractivity contribution in [2.24, 2.45) is 5.73 Å². The van der Waals surface area contributed by atoms with Gasteiger partial charge in [0.25, 0.3) is 0 Å². The van der Waals surface area contributed by atoms with E-state index in [1.807, 2.05) is 12.3 Å². The summed E-state index contributed by atoms with van der Waals surface area (Å²) in [4.78, 5) is 6.73. The average molecular weight is 247 g/mol. The van der Waals surface area contributed by atoms with Crippen LogP contribution < -0.4 is 5.73 Å². The monoisotopic (exact) mass is 247 g/mol. The minimum atomic E-state index is -0.119. The number of hydrogen-bond acceptors (Lipinski definition) is 4. The highest BCUT2D eigenvalue weighted by Crippen LogP contribution is 2.41. The summed E-state index contributed by atoms with van der Waals surface area (Å²) < 4.78 is 0. The van der Waals surface area contributed by atoms with Crippen LogP contribution in [0.25, 0.3) is 0 Å². The quantitative estimate of drug-likeness (QED) is 0.838. The van der Waals surface area contributed by atoms with Crippen molar-refractivity contribution in [3.63, 3.8) is 0 Å². The SMILES string of the molecule is NCC(c1cccnc1)N1C2CCC1CC(O)C2. The molecule has 0 aromatic carbocycles. The van der Waals surface area contributed by atoms with E-state index in [2.05, 4.69) is 16.0 Å². The molecule has 3 atom stereocenters. The van der Waals surface area contributed by atoms with Crippen LogP contribution in [0.1, 0.15) is 37.3 Å². The maximum atomic E-state index is 9.86. The second-order valence-corrected chi connectivity index (χ2v) is 5.50. The Balaban J connectivity index is 1.85. The Morgan fingerprint density at radius 3 is 2.67 bits per heavy atom. The zero-order valence-electron chi connectivity index (χ0n) is 10.6. The van der Waals surface area contributed by atoms with Gasteiger partial charge in [0.05, 0.1) is 6.10 Å². The van der Waals surface area contributed by atoms with Gasteiger partial charge in [0.15, 0.2) is 0 Å². The number of piperidine rings is 1. The third-order valence-corrected chi connectivity index (χ3v) is 4.42. The number of aromatic nitrogens is 1. The molecule has 98 valence electrons. The first-order valence-electron chi connectivity index (χ1n) is 6.85. The lowest BCUT2D eigenvalue weighted by atomic mass is 9.95. The molecule has 0 amide bonds. The van der Waals surface area contributed by atoms with Crippen LogP contribution in [-0.2, 0) is 0 Å². The van der Waals surface area contributed by atoms with E-state index in [-0.39, 0.29) is 12.1 Å². The van der Waals surface area contributed by atoms with Gasteiger partial charge in [-0.05, 0) is 37.3 Å². The van der Waals surface area contributed by atoms with Gasteiger partial charge >= 0.3 is 0 Å². The summed E-state index contributed by atoms with van der Waals surface area (Å²) in [5, 5.41) is 9.86. The smallest absolute Gasteiger partial charge is 0.0570 e. The van der Waals surface area contributed by atoms with Gasteiger partial charge in [-0.2, -0.15) is 0 Å². The van der Waals surface area contributed by atoms with Gasteiger partial charge < -0.3 is 10.8 Å². The third kappa shape index (κ3) is 2.05. The molecule has 0 spiro atoms. The van der Waals surface area contributed by atoms with Crippen molar-refractivity contribution in [3.05, 3.63) is 30.1 Å². The number of nitrogens with zero attached hydrogens (tertiary/aromatic N) is 2. The number of fused-ring (bicyclic) bond motifs is 2. The predicted molar refractivity (Wildman–Crippen MR) is 69.9 cm³/mol. The third-order valence-electron chi connectivity index (χ3n) is 4.42. The first-order valence-corrected chi connectivity index (χ1v) is 6.85. The molecule has 1 aromatic heterocycles. The first kappa shape index (κ1) is 12.1. The van der Waals surface area contributed by atoms with E-state index in [9.17, 15) is 5.11 Å². The van der Waals surface area contributed by atoms with Gasteiger partial charge in [-0.1, -0.05) is 6.07 Å². The van der Waals surface area contributed by atoms with Gasteiger partial charge in [-0.3, -0.25) is 9.88 Å². The van der Waals surface area contributed by atoms with Crippen LogP contribution in [0, 0.1) is 0 Å². The number of aliphatic hydroxyl groups excluding tert-OH is 1. The molecule has 2 bridgehead atoms. The molecule has 3 heterocycles. The molecule has 18 heavy (non-hydrogen) atoms. The summed E-state index contributed by atoms with van der Waals surface area (Å²) in [6, 6.07) is 5.32. The Hall–Kier alpha value is -0.970. The van der Waals surface area contributed by atoms with Crippen molar-refractivity contribution >= 4 is 0 Å². The molecule has 3 N–H and O–H groups in total. The molecular formula is C14H21N3O. The molecule has 0 radical (unpaired) electrons. The van der Waals surface area contributed by atoms with Crippen LogP contribution in [0.15, 0.2) is 24.5 Å². The van der Waals surface area contributed by atoms with Crippen LogP contribution in [0.2, 0.25) is 0 Å². The largest absolute Gasteiger partial charge is 0.393 e. The summed E-state index contributed by atoms with van der Waals surface area (Å²) in [5.41, 5.74) is 7.19. The fourth-order valence-electron chi connectivity index (χ4n) is 3.70. The first-order chi connectivity index (χ1) is 8.79. The molecule has 0 aliphatic carbocycles. The van der Waals surface area contributed by atoms with Crippen LogP contribution >= 0.6 is 0 Å².